The molecule has 0 fully saturated rings. The van der Waals surface area contributed by atoms with Crippen LogP contribution in [0, 0.1) is 0 Å². The van der Waals surface area contributed by atoms with Gasteiger partial charge in [-0.1, -0.05) is 30.7 Å². The quantitative estimate of drug-likeness (QED) is 0.564. The Morgan fingerprint density at radius 1 is 1.50 bits per heavy atom. The van der Waals surface area contributed by atoms with Crippen molar-refractivity contribution in [1.29, 1.82) is 0 Å². The van der Waals surface area contributed by atoms with E-state index in [0.717, 1.165) is 5.02 Å². The molecular formula is C8H11ClSi. The van der Waals surface area contributed by atoms with E-state index in [1.165, 1.54) is 15.8 Å². The lowest BCUT2D eigenvalue weighted by atomic mass is 10.2. The van der Waals surface area contributed by atoms with E-state index in [1.807, 2.05) is 18.2 Å². The summed E-state index contributed by atoms with van der Waals surface area (Å²) in [5.74, 6) is 0. The second kappa shape index (κ2) is 3.22. The third-order valence-electron chi connectivity index (χ3n) is 1.52. The summed E-state index contributed by atoms with van der Waals surface area (Å²) < 4.78 is 0. The fourth-order valence-corrected chi connectivity index (χ4v) is 1.42. The van der Waals surface area contributed by atoms with Crippen LogP contribution < -0.4 is 0 Å². The van der Waals surface area contributed by atoms with Crippen LogP contribution in [0.2, 0.25) is 5.02 Å². The van der Waals surface area contributed by atoms with Gasteiger partial charge in [-0.2, -0.15) is 0 Å². The molecule has 0 radical (unpaired) electrons. The van der Waals surface area contributed by atoms with E-state index in [2.05, 4.69) is 13.0 Å². The van der Waals surface area contributed by atoms with Crippen molar-refractivity contribution in [2.45, 2.75) is 12.5 Å². The summed E-state index contributed by atoms with van der Waals surface area (Å²) in [6.07, 6.45) is 0. The minimum absolute atomic E-state index is 0.707. The molecule has 0 heterocycles. The summed E-state index contributed by atoms with van der Waals surface area (Å²) in [6, 6.07) is 8.09. The van der Waals surface area contributed by atoms with Gasteiger partial charge in [0.2, 0.25) is 0 Å². The molecule has 0 aromatic heterocycles. The maximum absolute atomic E-state index is 5.80. The zero-order valence-electron chi connectivity index (χ0n) is 6.26. The molecular weight excluding hydrogens is 160 g/mol. The van der Waals surface area contributed by atoms with Crippen LogP contribution in [0.25, 0.3) is 0 Å². The first-order valence-electron chi connectivity index (χ1n) is 3.45. The number of hydrogen-bond donors (Lipinski definition) is 0. The van der Waals surface area contributed by atoms with Crippen molar-refractivity contribution in [2.75, 3.05) is 0 Å². The summed E-state index contributed by atoms with van der Waals surface area (Å²) in [7, 11) is 1.20. The molecule has 10 heavy (non-hydrogen) atoms. The molecule has 0 saturated carbocycles. The van der Waals surface area contributed by atoms with Gasteiger partial charge in [-0.25, -0.2) is 0 Å². The Kier molecular flexibility index (Phi) is 2.52. The normalized spacial score (nSPS) is 13.4. The predicted octanol–water partition coefficient (Wildman–Crippen LogP) is 1.77. The third-order valence-corrected chi connectivity index (χ3v) is 2.42. The van der Waals surface area contributed by atoms with Crippen molar-refractivity contribution in [1.82, 2.24) is 0 Å². The van der Waals surface area contributed by atoms with Crippen molar-refractivity contribution in [3.05, 3.63) is 34.9 Å². The predicted molar refractivity (Wildman–Crippen MR) is 49.8 cm³/mol. The molecule has 2 heteroatoms. The van der Waals surface area contributed by atoms with E-state index in [4.69, 9.17) is 11.6 Å². The summed E-state index contributed by atoms with van der Waals surface area (Å²) in [4.78, 5) is 0. The van der Waals surface area contributed by atoms with Gasteiger partial charge < -0.3 is 0 Å². The smallest absolute Gasteiger partial charge is 0.0408 e. The third kappa shape index (κ3) is 1.86. The van der Waals surface area contributed by atoms with Gasteiger partial charge in [0.25, 0.3) is 0 Å². The molecule has 0 nitrogen and oxygen atoms in total. The molecule has 1 atom stereocenters. The van der Waals surface area contributed by atoms with Gasteiger partial charge in [-0.15, -0.1) is 0 Å². The molecule has 0 spiro atoms. The van der Waals surface area contributed by atoms with E-state index in [1.54, 1.807) is 0 Å². The summed E-state index contributed by atoms with van der Waals surface area (Å²) in [5, 5.41) is 0.847. The highest BCUT2D eigenvalue weighted by Crippen LogP contribution is 2.16. The van der Waals surface area contributed by atoms with Crippen LogP contribution in [-0.4, -0.2) is 10.2 Å². The highest BCUT2D eigenvalue weighted by atomic mass is 35.5. The molecule has 1 aromatic rings. The molecule has 1 rings (SSSR count). The first-order valence-corrected chi connectivity index (χ1v) is 4.99. The van der Waals surface area contributed by atoms with E-state index < -0.39 is 0 Å². The maximum atomic E-state index is 5.80. The highest BCUT2D eigenvalue weighted by Gasteiger charge is 1.97. The van der Waals surface area contributed by atoms with Gasteiger partial charge in [0.05, 0.1) is 0 Å². The largest absolute Gasteiger partial charge is 0.0843 e. The molecule has 0 bridgehead atoms. The number of rotatable bonds is 1. The van der Waals surface area contributed by atoms with Crippen LogP contribution in [0.3, 0.4) is 0 Å². The number of halogens is 1. The average Bonchev–Trinajstić information content (AvgIpc) is 1.88. The first-order chi connectivity index (χ1) is 4.70. The fourth-order valence-electron chi connectivity index (χ4n) is 0.866. The number of benzene rings is 1. The van der Waals surface area contributed by atoms with Crippen LogP contribution in [0.5, 0.6) is 0 Å². The van der Waals surface area contributed by atoms with Gasteiger partial charge in [-0.3, -0.25) is 0 Å². The van der Waals surface area contributed by atoms with Crippen molar-refractivity contribution in [3.63, 3.8) is 0 Å². The maximum Gasteiger partial charge on any atom is 0.0408 e. The lowest BCUT2D eigenvalue weighted by Gasteiger charge is -2.03. The molecule has 0 aliphatic heterocycles. The first kappa shape index (κ1) is 7.83. The number of hydrogen-bond acceptors (Lipinski definition) is 0. The average molecular weight is 171 g/mol. The van der Waals surface area contributed by atoms with Crippen LogP contribution >= 0.6 is 11.6 Å². The SMILES string of the molecule is CC([SiH3])c1cccc(Cl)c1. The van der Waals surface area contributed by atoms with E-state index in [0.29, 0.717) is 5.54 Å². The Labute approximate surface area is 69.6 Å². The Hall–Kier alpha value is -0.273. The summed E-state index contributed by atoms with van der Waals surface area (Å²) in [5.41, 5.74) is 2.07. The van der Waals surface area contributed by atoms with Gasteiger partial charge in [-0.05, 0) is 23.2 Å². The van der Waals surface area contributed by atoms with Gasteiger partial charge in [0.15, 0.2) is 0 Å². The Bertz CT molecular complexity index is 220. The van der Waals surface area contributed by atoms with Crippen LogP contribution in [0.4, 0.5) is 0 Å². The zero-order chi connectivity index (χ0) is 7.56. The molecule has 0 N–H and O–H groups in total. The summed E-state index contributed by atoms with van der Waals surface area (Å²) in [6.45, 7) is 2.22. The molecule has 1 unspecified atom stereocenters. The molecule has 0 saturated heterocycles. The van der Waals surface area contributed by atoms with Crippen LogP contribution in [0.15, 0.2) is 24.3 Å². The van der Waals surface area contributed by atoms with Gasteiger partial charge in [0, 0.05) is 15.3 Å². The second-order valence-electron chi connectivity index (χ2n) is 2.71. The fraction of sp³-hybridized carbons (Fsp3) is 0.250. The van der Waals surface area contributed by atoms with Crippen LogP contribution in [0.1, 0.15) is 18.0 Å². The van der Waals surface area contributed by atoms with Crippen LogP contribution in [-0.2, 0) is 0 Å². The standard InChI is InChI=1S/C8H11ClSi/c1-6(10)7-3-2-4-8(9)5-7/h2-6H,1,10H3. The van der Waals surface area contributed by atoms with Gasteiger partial charge in [0.1, 0.15) is 0 Å². The van der Waals surface area contributed by atoms with Crippen molar-refractivity contribution in [2.24, 2.45) is 0 Å². The molecule has 1 aromatic carbocycles. The van der Waals surface area contributed by atoms with Crippen molar-refractivity contribution in [3.8, 4) is 0 Å². The van der Waals surface area contributed by atoms with Gasteiger partial charge >= 0.3 is 0 Å². The van der Waals surface area contributed by atoms with E-state index in [9.17, 15) is 0 Å². The zero-order valence-corrected chi connectivity index (χ0v) is 9.02. The minimum atomic E-state index is 0.707. The molecule has 0 aliphatic rings. The Balaban J connectivity index is 2.96. The van der Waals surface area contributed by atoms with Crippen molar-refractivity contribution < 1.29 is 0 Å². The van der Waals surface area contributed by atoms with E-state index >= 15 is 0 Å². The monoisotopic (exact) mass is 170 g/mol. The highest BCUT2D eigenvalue weighted by molar-refractivity contribution is 6.30. The topological polar surface area (TPSA) is 0 Å². The van der Waals surface area contributed by atoms with E-state index in [-0.39, 0.29) is 0 Å². The Morgan fingerprint density at radius 2 is 2.20 bits per heavy atom. The Morgan fingerprint density at radius 3 is 2.60 bits per heavy atom. The second-order valence-corrected chi connectivity index (χ2v) is 4.88. The molecule has 54 valence electrons. The molecule has 0 amide bonds. The van der Waals surface area contributed by atoms with Crippen molar-refractivity contribution >= 4 is 21.8 Å². The lowest BCUT2D eigenvalue weighted by molar-refractivity contribution is 1.08. The summed E-state index contributed by atoms with van der Waals surface area (Å²) >= 11 is 5.80. The minimum Gasteiger partial charge on any atom is -0.0843 e. The molecule has 0 aliphatic carbocycles. The lowest BCUT2D eigenvalue weighted by Crippen LogP contribution is -1.90.